The van der Waals surface area contributed by atoms with E-state index in [1.54, 1.807) is 0 Å². The van der Waals surface area contributed by atoms with E-state index in [4.69, 9.17) is 4.74 Å². The number of aryl methyl sites for hydroxylation is 2. The minimum Gasteiger partial charge on any atom is -0.491 e. The van der Waals surface area contributed by atoms with E-state index in [-0.39, 0.29) is 0 Å². The van der Waals surface area contributed by atoms with Crippen LogP contribution in [0.5, 0.6) is 5.75 Å². The summed E-state index contributed by atoms with van der Waals surface area (Å²) >= 11 is 0. The van der Waals surface area contributed by atoms with E-state index in [2.05, 4.69) is 41.7 Å². The van der Waals surface area contributed by atoms with Crippen LogP contribution in [-0.4, -0.2) is 30.4 Å². The van der Waals surface area contributed by atoms with Crippen molar-refractivity contribution in [3.05, 3.63) is 64.7 Å². The van der Waals surface area contributed by atoms with E-state index < -0.39 is 6.10 Å². The van der Waals surface area contributed by atoms with Crippen LogP contribution in [0.25, 0.3) is 0 Å². The van der Waals surface area contributed by atoms with E-state index in [0.29, 0.717) is 19.2 Å². The zero-order valence-electron chi connectivity index (χ0n) is 14.7. The molecule has 0 aromatic heterocycles. The topological polar surface area (TPSA) is 41.5 Å². The number of rotatable bonds is 6. The number of aliphatic hydroxyl groups is 1. The van der Waals surface area contributed by atoms with Crippen molar-refractivity contribution in [2.45, 2.75) is 50.7 Å². The summed E-state index contributed by atoms with van der Waals surface area (Å²) in [6, 6.07) is 15.4. The molecule has 132 valence electrons. The summed E-state index contributed by atoms with van der Waals surface area (Å²) in [7, 11) is 0. The molecule has 2 unspecified atom stereocenters. The summed E-state index contributed by atoms with van der Waals surface area (Å²) in [5.41, 5.74) is 5.66. The van der Waals surface area contributed by atoms with Gasteiger partial charge in [-0.15, -0.1) is 0 Å². The second-order valence-electron chi connectivity index (χ2n) is 7.33. The van der Waals surface area contributed by atoms with Gasteiger partial charge in [0.25, 0.3) is 0 Å². The Morgan fingerprint density at radius 1 is 1.00 bits per heavy atom. The highest BCUT2D eigenvalue weighted by atomic mass is 16.5. The fourth-order valence-electron chi connectivity index (χ4n) is 4.14. The van der Waals surface area contributed by atoms with Gasteiger partial charge in [-0.2, -0.15) is 0 Å². The van der Waals surface area contributed by atoms with Crippen LogP contribution in [0.15, 0.2) is 42.5 Å². The van der Waals surface area contributed by atoms with E-state index in [9.17, 15) is 5.11 Å². The third-order valence-electron chi connectivity index (χ3n) is 5.52. The molecule has 2 N–H and O–H groups in total. The summed E-state index contributed by atoms with van der Waals surface area (Å²) < 4.78 is 5.92. The monoisotopic (exact) mass is 337 g/mol. The minimum absolute atomic E-state index is 0.354. The van der Waals surface area contributed by atoms with Gasteiger partial charge in [0, 0.05) is 12.6 Å². The lowest BCUT2D eigenvalue weighted by Crippen LogP contribution is -2.40. The fraction of sp³-hybridized carbons (Fsp3) is 0.455. The molecule has 0 saturated carbocycles. The number of ether oxygens (including phenoxy) is 1. The van der Waals surface area contributed by atoms with Crippen molar-refractivity contribution in [3.63, 3.8) is 0 Å². The first kappa shape index (κ1) is 16.6. The highest BCUT2D eigenvalue weighted by Crippen LogP contribution is 2.30. The third-order valence-corrected chi connectivity index (χ3v) is 5.52. The molecular weight excluding hydrogens is 310 g/mol. The van der Waals surface area contributed by atoms with Crippen LogP contribution in [0, 0.1) is 0 Å². The van der Waals surface area contributed by atoms with Crippen molar-refractivity contribution >= 4 is 0 Å². The number of fused-ring (bicyclic) bond motifs is 2. The molecule has 0 heterocycles. The lowest BCUT2D eigenvalue weighted by molar-refractivity contribution is 0.102. The van der Waals surface area contributed by atoms with Crippen LogP contribution >= 0.6 is 0 Å². The molecule has 4 rings (SSSR count). The Kier molecular flexibility index (Phi) is 5.04. The van der Waals surface area contributed by atoms with Gasteiger partial charge in [-0.3, -0.25) is 0 Å². The van der Waals surface area contributed by atoms with Crippen LogP contribution in [-0.2, 0) is 25.7 Å². The van der Waals surface area contributed by atoms with E-state index in [0.717, 1.165) is 37.9 Å². The summed E-state index contributed by atoms with van der Waals surface area (Å²) in [5, 5.41) is 13.8. The molecule has 0 saturated heterocycles. The number of benzene rings is 2. The Hall–Kier alpha value is -1.84. The summed E-state index contributed by atoms with van der Waals surface area (Å²) in [4.78, 5) is 0. The Bertz CT molecular complexity index is 728. The highest BCUT2D eigenvalue weighted by Gasteiger charge is 2.19. The molecular formula is C22H27NO2. The van der Waals surface area contributed by atoms with Gasteiger partial charge in [-0.05, 0) is 66.8 Å². The Labute approximate surface area is 150 Å². The van der Waals surface area contributed by atoms with Crippen LogP contribution in [0.3, 0.4) is 0 Å². The van der Waals surface area contributed by atoms with E-state index in [1.807, 2.05) is 6.07 Å². The van der Waals surface area contributed by atoms with E-state index in [1.165, 1.54) is 28.7 Å². The molecule has 0 amide bonds. The quantitative estimate of drug-likeness (QED) is 0.851. The molecule has 3 nitrogen and oxygen atoms in total. The normalized spacial score (nSPS) is 20.0. The largest absolute Gasteiger partial charge is 0.491 e. The molecule has 2 aromatic carbocycles. The maximum atomic E-state index is 10.3. The van der Waals surface area contributed by atoms with Crippen molar-refractivity contribution < 1.29 is 9.84 Å². The number of aliphatic hydroxyl groups excluding tert-OH is 1. The Morgan fingerprint density at radius 3 is 2.76 bits per heavy atom. The van der Waals surface area contributed by atoms with Crippen LogP contribution in [0.1, 0.15) is 35.1 Å². The smallest absolute Gasteiger partial charge is 0.122 e. The predicted octanol–water partition coefficient (Wildman–Crippen LogP) is 3.06. The zero-order chi connectivity index (χ0) is 17.1. The standard InChI is InChI=1S/C22H27NO2/c24-20(15-25-22-10-4-8-17-7-3-9-21(17)22)14-23-19-12-11-16-5-1-2-6-18(16)13-19/h1-2,4-6,8,10,19-20,23-24H,3,7,9,11-15H2. The molecule has 2 aliphatic rings. The highest BCUT2D eigenvalue weighted by molar-refractivity contribution is 5.43. The van der Waals surface area contributed by atoms with Crippen molar-refractivity contribution in [2.24, 2.45) is 0 Å². The van der Waals surface area contributed by atoms with Gasteiger partial charge >= 0.3 is 0 Å². The van der Waals surface area contributed by atoms with Crippen LogP contribution < -0.4 is 10.1 Å². The van der Waals surface area contributed by atoms with Gasteiger partial charge < -0.3 is 15.2 Å². The average Bonchev–Trinajstić information content (AvgIpc) is 3.14. The zero-order valence-corrected chi connectivity index (χ0v) is 14.7. The molecule has 0 radical (unpaired) electrons. The van der Waals surface area contributed by atoms with Gasteiger partial charge in [0.1, 0.15) is 18.5 Å². The van der Waals surface area contributed by atoms with Gasteiger partial charge in [0.05, 0.1) is 0 Å². The molecule has 3 heteroatoms. The SMILES string of the molecule is OC(CNC1CCc2ccccc2C1)COc1cccc2c1CCC2. The van der Waals surface area contributed by atoms with Gasteiger partial charge in [-0.1, -0.05) is 36.4 Å². The predicted molar refractivity (Wildman–Crippen MR) is 100 cm³/mol. The first-order valence-corrected chi connectivity index (χ1v) is 9.51. The molecule has 2 aliphatic carbocycles. The third kappa shape index (κ3) is 3.88. The lowest BCUT2D eigenvalue weighted by Gasteiger charge is -2.26. The van der Waals surface area contributed by atoms with Gasteiger partial charge in [0.15, 0.2) is 0 Å². The second-order valence-corrected chi connectivity index (χ2v) is 7.33. The molecule has 2 atom stereocenters. The first-order valence-electron chi connectivity index (χ1n) is 9.51. The Balaban J connectivity index is 1.25. The molecule has 0 spiro atoms. The lowest BCUT2D eigenvalue weighted by atomic mass is 9.88. The summed E-state index contributed by atoms with van der Waals surface area (Å²) in [5.74, 6) is 0.959. The molecule has 0 bridgehead atoms. The molecule has 0 fully saturated rings. The fourth-order valence-corrected chi connectivity index (χ4v) is 4.14. The van der Waals surface area contributed by atoms with Crippen molar-refractivity contribution in [3.8, 4) is 5.75 Å². The maximum absolute atomic E-state index is 10.3. The first-order chi connectivity index (χ1) is 12.3. The summed E-state index contributed by atoms with van der Waals surface area (Å²) in [6.45, 7) is 0.939. The number of nitrogens with one attached hydrogen (secondary N) is 1. The van der Waals surface area contributed by atoms with Crippen molar-refractivity contribution in [2.75, 3.05) is 13.2 Å². The number of hydrogen-bond acceptors (Lipinski definition) is 3. The average molecular weight is 337 g/mol. The molecule has 0 aliphatic heterocycles. The summed E-state index contributed by atoms with van der Waals surface area (Å²) in [6.07, 6.45) is 6.29. The molecule has 2 aromatic rings. The van der Waals surface area contributed by atoms with Crippen molar-refractivity contribution in [1.29, 1.82) is 0 Å². The van der Waals surface area contributed by atoms with Gasteiger partial charge in [0.2, 0.25) is 0 Å². The Morgan fingerprint density at radius 2 is 1.84 bits per heavy atom. The second kappa shape index (κ2) is 7.59. The maximum Gasteiger partial charge on any atom is 0.122 e. The number of hydrogen-bond donors (Lipinski definition) is 2. The van der Waals surface area contributed by atoms with Crippen LogP contribution in [0.2, 0.25) is 0 Å². The minimum atomic E-state index is -0.477. The van der Waals surface area contributed by atoms with Gasteiger partial charge in [-0.25, -0.2) is 0 Å². The molecule has 25 heavy (non-hydrogen) atoms. The van der Waals surface area contributed by atoms with E-state index >= 15 is 0 Å². The van der Waals surface area contributed by atoms with Crippen molar-refractivity contribution in [1.82, 2.24) is 5.32 Å². The van der Waals surface area contributed by atoms with Crippen LogP contribution in [0.4, 0.5) is 0 Å².